The van der Waals surface area contributed by atoms with Gasteiger partial charge in [0.15, 0.2) is 0 Å². The monoisotopic (exact) mass is 215 g/mol. The summed E-state index contributed by atoms with van der Waals surface area (Å²) in [6.07, 6.45) is 1.77. The van der Waals surface area contributed by atoms with E-state index in [0.29, 0.717) is 0 Å². The number of nitrogens with one attached hydrogen (secondary N) is 2. The number of hydrogen-bond donors (Lipinski definition) is 2. The van der Waals surface area contributed by atoms with Crippen LogP contribution in [0.15, 0.2) is 30.5 Å². The van der Waals surface area contributed by atoms with E-state index in [9.17, 15) is 0 Å². The van der Waals surface area contributed by atoms with E-state index in [1.54, 1.807) is 6.20 Å². The van der Waals surface area contributed by atoms with Gasteiger partial charge in [-0.05, 0) is 31.0 Å². The first-order valence-corrected chi connectivity index (χ1v) is 5.51. The van der Waals surface area contributed by atoms with Gasteiger partial charge in [0.05, 0.1) is 0 Å². The SMILES string of the molecule is Cc1ccc(C)c(CNCc2ccn[nH]2)c1. The van der Waals surface area contributed by atoms with Crippen LogP contribution in [0, 0.1) is 13.8 Å². The van der Waals surface area contributed by atoms with E-state index in [1.807, 2.05) is 6.07 Å². The highest BCUT2D eigenvalue weighted by atomic mass is 15.1. The average Bonchev–Trinajstić information content (AvgIpc) is 2.76. The molecule has 1 heterocycles. The third-order valence-electron chi connectivity index (χ3n) is 2.69. The second-order valence-electron chi connectivity index (χ2n) is 4.12. The Hall–Kier alpha value is -1.61. The Balaban J connectivity index is 1.92. The summed E-state index contributed by atoms with van der Waals surface area (Å²) in [5.41, 5.74) is 5.12. The first-order chi connectivity index (χ1) is 7.75. The molecule has 0 amide bonds. The highest BCUT2D eigenvalue weighted by molar-refractivity contribution is 5.30. The van der Waals surface area contributed by atoms with Crippen molar-refractivity contribution in [2.45, 2.75) is 26.9 Å². The molecule has 0 spiro atoms. The first-order valence-electron chi connectivity index (χ1n) is 5.51. The van der Waals surface area contributed by atoms with Gasteiger partial charge in [0.25, 0.3) is 0 Å². The highest BCUT2D eigenvalue weighted by Gasteiger charge is 1.99. The molecule has 0 fully saturated rings. The molecule has 0 radical (unpaired) electrons. The molecule has 2 rings (SSSR count). The van der Waals surface area contributed by atoms with Crippen LogP contribution in [0.5, 0.6) is 0 Å². The van der Waals surface area contributed by atoms with Crippen molar-refractivity contribution in [3.05, 3.63) is 52.8 Å². The number of aromatic amines is 1. The fourth-order valence-electron chi connectivity index (χ4n) is 1.71. The zero-order valence-corrected chi connectivity index (χ0v) is 9.75. The quantitative estimate of drug-likeness (QED) is 0.821. The molecule has 0 aliphatic heterocycles. The summed E-state index contributed by atoms with van der Waals surface area (Å²) in [6.45, 7) is 5.99. The number of rotatable bonds is 4. The van der Waals surface area contributed by atoms with Crippen molar-refractivity contribution in [3.63, 3.8) is 0 Å². The Morgan fingerprint density at radius 2 is 2.06 bits per heavy atom. The molecular formula is C13H17N3. The van der Waals surface area contributed by atoms with Gasteiger partial charge >= 0.3 is 0 Å². The maximum atomic E-state index is 3.91. The van der Waals surface area contributed by atoms with Gasteiger partial charge in [-0.3, -0.25) is 5.10 Å². The van der Waals surface area contributed by atoms with Gasteiger partial charge in [0, 0.05) is 25.0 Å². The lowest BCUT2D eigenvalue weighted by Crippen LogP contribution is -2.13. The molecule has 84 valence electrons. The van der Waals surface area contributed by atoms with Gasteiger partial charge in [-0.25, -0.2) is 0 Å². The Kier molecular flexibility index (Phi) is 3.37. The molecule has 2 aromatic rings. The van der Waals surface area contributed by atoms with Crippen molar-refractivity contribution in [3.8, 4) is 0 Å². The number of hydrogen-bond acceptors (Lipinski definition) is 2. The summed E-state index contributed by atoms with van der Waals surface area (Å²) in [6, 6.07) is 8.53. The van der Waals surface area contributed by atoms with Gasteiger partial charge in [0.2, 0.25) is 0 Å². The predicted octanol–water partition coefficient (Wildman–Crippen LogP) is 2.32. The van der Waals surface area contributed by atoms with Gasteiger partial charge in [-0.15, -0.1) is 0 Å². The van der Waals surface area contributed by atoms with E-state index in [0.717, 1.165) is 18.8 Å². The zero-order chi connectivity index (χ0) is 11.4. The number of benzene rings is 1. The highest BCUT2D eigenvalue weighted by Crippen LogP contribution is 2.10. The summed E-state index contributed by atoms with van der Waals surface area (Å²) in [4.78, 5) is 0. The van der Waals surface area contributed by atoms with Crippen LogP contribution in [-0.4, -0.2) is 10.2 Å². The van der Waals surface area contributed by atoms with Crippen molar-refractivity contribution in [1.82, 2.24) is 15.5 Å². The standard InChI is InChI=1S/C13H17N3/c1-10-3-4-11(2)12(7-10)8-14-9-13-5-6-15-16-13/h3-7,14H,8-9H2,1-2H3,(H,15,16). The second kappa shape index (κ2) is 4.94. The van der Waals surface area contributed by atoms with Crippen molar-refractivity contribution in [2.24, 2.45) is 0 Å². The number of aryl methyl sites for hydroxylation is 2. The van der Waals surface area contributed by atoms with E-state index in [-0.39, 0.29) is 0 Å². The fourth-order valence-corrected chi connectivity index (χ4v) is 1.71. The number of aromatic nitrogens is 2. The molecule has 0 unspecified atom stereocenters. The molecule has 0 aliphatic rings. The maximum Gasteiger partial charge on any atom is 0.0490 e. The molecule has 1 aromatic heterocycles. The van der Waals surface area contributed by atoms with Crippen molar-refractivity contribution in [2.75, 3.05) is 0 Å². The maximum absolute atomic E-state index is 3.91. The Morgan fingerprint density at radius 1 is 1.19 bits per heavy atom. The molecule has 0 saturated carbocycles. The van der Waals surface area contributed by atoms with Crippen LogP contribution in [0.3, 0.4) is 0 Å². The van der Waals surface area contributed by atoms with Gasteiger partial charge in [0.1, 0.15) is 0 Å². The zero-order valence-electron chi connectivity index (χ0n) is 9.75. The normalized spacial score (nSPS) is 10.6. The lowest BCUT2D eigenvalue weighted by Gasteiger charge is -2.08. The number of H-pyrrole nitrogens is 1. The molecule has 3 nitrogen and oxygen atoms in total. The van der Waals surface area contributed by atoms with Crippen molar-refractivity contribution >= 4 is 0 Å². The van der Waals surface area contributed by atoms with Crippen LogP contribution < -0.4 is 5.32 Å². The van der Waals surface area contributed by atoms with E-state index >= 15 is 0 Å². The molecule has 0 bridgehead atoms. The van der Waals surface area contributed by atoms with Crippen LogP contribution in [0.4, 0.5) is 0 Å². The smallest absolute Gasteiger partial charge is 0.0490 e. The Labute approximate surface area is 95.9 Å². The fraction of sp³-hybridized carbons (Fsp3) is 0.308. The summed E-state index contributed by atoms with van der Waals surface area (Å²) < 4.78 is 0. The van der Waals surface area contributed by atoms with Crippen molar-refractivity contribution < 1.29 is 0 Å². The molecule has 3 heteroatoms. The molecular weight excluding hydrogens is 198 g/mol. The molecule has 0 atom stereocenters. The van der Waals surface area contributed by atoms with Gasteiger partial charge < -0.3 is 5.32 Å². The van der Waals surface area contributed by atoms with E-state index < -0.39 is 0 Å². The van der Waals surface area contributed by atoms with Gasteiger partial charge in [-0.1, -0.05) is 23.8 Å². The second-order valence-corrected chi connectivity index (χ2v) is 4.12. The minimum absolute atomic E-state index is 0.827. The molecule has 16 heavy (non-hydrogen) atoms. The minimum Gasteiger partial charge on any atom is -0.307 e. The van der Waals surface area contributed by atoms with Crippen LogP contribution in [-0.2, 0) is 13.1 Å². The molecule has 0 aliphatic carbocycles. The van der Waals surface area contributed by atoms with Crippen LogP contribution in [0.25, 0.3) is 0 Å². The summed E-state index contributed by atoms with van der Waals surface area (Å²) in [5, 5.41) is 10.3. The largest absolute Gasteiger partial charge is 0.307 e. The third-order valence-corrected chi connectivity index (χ3v) is 2.69. The van der Waals surface area contributed by atoms with E-state index in [1.165, 1.54) is 16.7 Å². The summed E-state index contributed by atoms with van der Waals surface area (Å²) in [7, 11) is 0. The average molecular weight is 215 g/mol. The summed E-state index contributed by atoms with van der Waals surface area (Å²) >= 11 is 0. The van der Waals surface area contributed by atoms with E-state index in [4.69, 9.17) is 0 Å². The predicted molar refractivity (Wildman–Crippen MR) is 65.0 cm³/mol. The van der Waals surface area contributed by atoms with Crippen LogP contribution in [0.1, 0.15) is 22.4 Å². The minimum atomic E-state index is 0.827. The topological polar surface area (TPSA) is 40.7 Å². The molecule has 2 N–H and O–H groups in total. The van der Waals surface area contributed by atoms with Crippen LogP contribution >= 0.6 is 0 Å². The lowest BCUT2D eigenvalue weighted by atomic mass is 10.1. The Bertz CT molecular complexity index is 446. The lowest BCUT2D eigenvalue weighted by molar-refractivity contribution is 0.674. The first kappa shape index (κ1) is 10.9. The van der Waals surface area contributed by atoms with Gasteiger partial charge in [-0.2, -0.15) is 5.10 Å². The number of nitrogens with zero attached hydrogens (tertiary/aromatic N) is 1. The van der Waals surface area contributed by atoms with Crippen molar-refractivity contribution in [1.29, 1.82) is 0 Å². The van der Waals surface area contributed by atoms with Crippen LogP contribution in [0.2, 0.25) is 0 Å². The third kappa shape index (κ3) is 2.70. The molecule has 1 aromatic carbocycles. The Morgan fingerprint density at radius 3 is 2.81 bits per heavy atom. The summed E-state index contributed by atoms with van der Waals surface area (Å²) in [5.74, 6) is 0. The molecule has 0 saturated heterocycles. The van der Waals surface area contributed by atoms with E-state index in [2.05, 4.69) is 47.6 Å².